The van der Waals surface area contributed by atoms with Gasteiger partial charge in [-0.15, -0.1) is 0 Å². The Kier molecular flexibility index (Phi) is 2.61. The van der Waals surface area contributed by atoms with Crippen molar-refractivity contribution in [1.29, 1.82) is 5.26 Å². The van der Waals surface area contributed by atoms with E-state index in [-0.39, 0.29) is 0 Å². The minimum atomic E-state index is 0.675. The van der Waals surface area contributed by atoms with Crippen molar-refractivity contribution < 1.29 is 0 Å². The van der Waals surface area contributed by atoms with Crippen LogP contribution in [0.15, 0.2) is 34.8 Å². The van der Waals surface area contributed by atoms with Gasteiger partial charge < -0.3 is 4.98 Å². The largest absolute Gasteiger partial charge is 0.357 e. The number of nitrogens with one attached hydrogen (secondary N) is 1. The lowest BCUT2D eigenvalue weighted by atomic mass is 10.1. The summed E-state index contributed by atoms with van der Waals surface area (Å²) in [5.74, 6) is 0. The number of benzene rings is 1. The molecule has 0 unspecified atom stereocenters. The van der Waals surface area contributed by atoms with Crippen molar-refractivity contribution in [2.75, 3.05) is 0 Å². The summed E-state index contributed by atoms with van der Waals surface area (Å²) >= 11 is 3.45. The van der Waals surface area contributed by atoms with E-state index in [2.05, 4.69) is 27.0 Å². The first-order valence-electron chi connectivity index (χ1n) is 4.57. The van der Waals surface area contributed by atoms with Gasteiger partial charge in [0.2, 0.25) is 0 Å². The lowest BCUT2D eigenvalue weighted by Crippen LogP contribution is -1.77. The predicted molar refractivity (Wildman–Crippen MR) is 63.4 cm³/mol. The van der Waals surface area contributed by atoms with Gasteiger partial charge >= 0.3 is 0 Å². The zero-order valence-electron chi connectivity index (χ0n) is 8.21. The second-order valence-corrected chi connectivity index (χ2v) is 4.08. The molecule has 0 saturated carbocycles. The zero-order valence-corrected chi connectivity index (χ0v) is 9.80. The number of aromatic nitrogens is 1. The van der Waals surface area contributed by atoms with E-state index in [0.717, 1.165) is 21.4 Å². The Balaban J connectivity index is 2.62. The van der Waals surface area contributed by atoms with E-state index >= 15 is 0 Å². The van der Waals surface area contributed by atoms with Gasteiger partial charge in [0, 0.05) is 5.69 Å². The van der Waals surface area contributed by atoms with Gasteiger partial charge in [-0.3, -0.25) is 0 Å². The van der Waals surface area contributed by atoms with E-state index in [9.17, 15) is 0 Å². The van der Waals surface area contributed by atoms with E-state index in [1.807, 2.05) is 37.3 Å². The molecule has 0 radical (unpaired) electrons. The third-order valence-electron chi connectivity index (χ3n) is 2.30. The van der Waals surface area contributed by atoms with E-state index in [1.54, 1.807) is 0 Å². The minimum absolute atomic E-state index is 0.675. The van der Waals surface area contributed by atoms with Crippen LogP contribution in [0, 0.1) is 18.3 Å². The lowest BCUT2D eigenvalue weighted by molar-refractivity contribution is 1.25. The van der Waals surface area contributed by atoms with Gasteiger partial charge in [0.25, 0.3) is 0 Å². The summed E-state index contributed by atoms with van der Waals surface area (Å²) in [5.41, 5.74) is 3.61. The summed E-state index contributed by atoms with van der Waals surface area (Å²) in [4.78, 5) is 3.21. The van der Waals surface area contributed by atoms with E-state index in [4.69, 9.17) is 5.26 Å². The molecular formula is C12H9BrN2. The van der Waals surface area contributed by atoms with E-state index in [1.165, 1.54) is 0 Å². The smallest absolute Gasteiger partial charge is 0.102 e. The molecular weight excluding hydrogens is 252 g/mol. The van der Waals surface area contributed by atoms with Gasteiger partial charge in [-0.1, -0.05) is 30.3 Å². The first-order valence-corrected chi connectivity index (χ1v) is 5.37. The molecule has 15 heavy (non-hydrogen) atoms. The highest BCUT2D eigenvalue weighted by Gasteiger charge is 2.13. The van der Waals surface area contributed by atoms with Crippen molar-refractivity contribution in [3.05, 3.63) is 46.1 Å². The maximum Gasteiger partial charge on any atom is 0.102 e. The Bertz CT molecular complexity index is 521. The Morgan fingerprint density at radius 3 is 2.47 bits per heavy atom. The number of hydrogen-bond donors (Lipinski definition) is 1. The van der Waals surface area contributed by atoms with Gasteiger partial charge in [0.15, 0.2) is 0 Å². The number of halogens is 1. The Hall–Kier alpha value is -1.53. The molecule has 3 heteroatoms. The Labute approximate surface area is 96.7 Å². The molecule has 1 aromatic heterocycles. The molecule has 1 N–H and O–H groups in total. The lowest BCUT2D eigenvalue weighted by Gasteiger charge is -1.97. The van der Waals surface area contributed by atoms with Crippen molar-refractivity contribution >= 4 is 15.9 Å². The summed E-state index contributed by atoms with van der Waals surface area (Å²) in [5, 5.41) is 8.96. The fraction of sp³-hybridized carbons (Fsp3) is 0.0833. The molecule has 0 saturated heterocycles. The van der Waals surface area contributed by atoms with Crippen molar-refractivity contribution in [3.63, 3.8) is 0 Å². The highest BCUT2D eigenvalue weighted by molar-refractivity contribution is 9.10. The monoisotopic (exact) mass is 260 g/mol. The number of H-pyrrole nitrogens is 1. The molecule has 1 heterocycles. The molecule has 0 aliphatic heterocycles. The first-order chi connectivity index (χ1) is 7.24. The molecule has 0 aliphatic carbocycles. The number of nitrogens with zero attached hydrogens (tertiary/aromatic N) is 1. The number of hydrogen-bond acceptors (Lipinski definition) is 1. The molecule has 2 rings (SSSR count). The van der Waals surface area contributed by atoms with Crippen molar-refractivity contribution in [1.82, 2.24) is 4.98 Å². The van der Waals surface area contributed by atoms with Crippen molar-refractivity contribution in [2.45, 2.75) is 6.92 Å². The molecule has 2 nitrogen and oxygen atoms in total. The van der Waals surface area contributed by atoms with Gasteiger partial charge in [-0.2, -0.15) is 5.26 Å². The summed E-state index contributed by atoms with van der Waals surface area (Å²) in [7, 11) is 0. The summed E-state index contributed by atoms with van der Waals surface area (Å²) < 4.78 is 0.841. The normalized spacial score (nSPS) is 9.93. The van der Waals surface area contributed by atoms with Crippen molar-refractivity contribution in [3.8, 4) is 17.3 Å². The number of aromatic amines is 1. The van der Waals surface area contributed by atoms with Crippen molar-refractivity contribution in [2.24, 2.45) is 0 Å². The van der Waals surface area contributed by atoms with Crippen LogP contribution < -0.4 is 0 Å². The average Bonchev–Trinajstić information content (AvgIpc) is 2.55. The van der Waals surface area contributed by atoms with Crippen LogP contribution in [-0.2, 0) is 0 Å². The Morgan fingerprint density at radius 1 is 1.27 bits per heavy atom. The minimum Gasteiger partial charge on any atom is -0.357 e. The molecule has 74 valence electrons. The molecule has 0 atom stereocenters. The third kappa shape index (κ3) is 1.69. The van der Waals surface area contributed by atoms with E-state index < -0.39 is 0 Å². The molecule has 0 fully saturated rings. The number of rotatable bonds is 1. The van der Waals surface area contributed by atoms with Crippen LogP contribution in [0.25, 0.3) is 11.3 Å². The standard InChI is InChI=1S/C12H9BrN2/c1-8-10(7-14)11(13)12(15-8)9-5-3-2-4-6-9/h2-6,15H,1H3. The summed E-state index contributed by atoms with van der Waals surface area (Å²) in [6.07, 6.45) is 0. The van der Waals surface area contributed by atoms with Crippen LogP contribution in [-0.4, -0.2) is 4.98 Å². The fourth-order valence-electron chi connectivity index (χ4n) is 1.53. The van der Waals surface area contributed by atoms with Gasteiger partial charge in [0.1, 0.15) is 6.07 Å². The van der Waals surface area contributed by atoms with Crippen LogP contribution in [0.5, 0.6) is 0 Å². The van der Waals surface area contributed by atoms with Crippen LogP contribution in [0.4, 0.5) is 0 Å². The number of nitriles is 1. The first kappa shape index (κ1) is 10.0. The third-order valence-corrected chi connectivity index (χ3v) is 3.09. The fourth-order valence-corrected chi connectivity index (χ4v) is 2.25. The predicted octanol–water partition coefficient (Wildman–Crippen LogP) is 3.62. The summed E-state index contributed by atoms with van der Waals surface area (Å²) in [6.45, 7) is 1.90. The van der Waals surface area contributed by atoms with Crippen LogP contribution in [0.2, 0.25) is 0 Å². The molecule has 2 aromatic rings. The van der Waals surface area contributed by atoms with Gasteiger partial charge in [-0.25, -0.2) is 0 Å². The average molecular weight is 261 g/mol. The molecule has 0 amide bonds. The maximum absolute atomic E-state index is 8.96. The topological polar surface area (TPSA) is 39.6 Å². The van der Waals surface area contributed by atoms with E-state index in [0.29, 0.717) is 5.56 Å². The molecule has 1 aromatic carbocycles. The second kappa shape index (κ2) is 3.92. The van der Waals surface area contributed by atoms with Gasteiger partial charge in [-0.05, 0) is 28.4 Å². The molecule has 0 spiro atoms. The SMILES string of the molecule is Cc1[nH]c(-c2ccccc2)c(Br)c1C#N. The zero-order chi connectivity index (χ0) is 10.8. The maximum atomic E-state index is 8.96. The summed E-state index contributed by atoms with van der Waals surface area (Å²) in [6, 6.07) is 12.1. The van der Waals surface area contributed by atoms with Crippen LogP contribution in [0.3, 0.4) is 0 Å². The van der Waals surface area contributed by atoms with Gasteiger partial charge in [0.05, 0.1) is 15.7 Å². The highest BCUT2D eigenvalue weighted by Crippen LogP contribution is 2.31. The second-order valence-electron chi connectivity index (χ2n) is 3.29. The highest BCUT2D eigenvalue weighted by atomic mass is 79.9. The quantitative estimate of drug-likeness (QED) is 0.836. The van der Waals surface area contributed by atoms with Crippen LogP contribution >= 0.6 is 15.9 Å². The molecule has 0 bridgehead atoms. The molecule has 0 aliphatic rings. The Morgan fingerprint density at radius 2 is 1.93 bits per heavy atom. The number of aryl methyl sites for hydroxylation is 1. The van der Waals surface area contributed by atoms with Crippen LogP contribution in [0.1, 0.15) is 11.3 Å².